The first kappa shape index (κ1) is 21.4. The highest BCUT2D eigenvalue weighted by Crippen LogP contribution is 2.37. The average Bonchev–Trinajstić information content (AvgIpc) is 3.18. The second-order valence-electron chi connectivity index (χ2n) is 7.82. The van der Waals surface area contributed by atoms with E-state index in [1.54, 1.807) is 37.6 Å². The molecule has 1 N–H and O–H groups in total. The maximum Gasteiger partial charge on any atom is 0.248 e. The molecule has 1 heterocycles. The number of benzene rings is 3. The normalized spacial score (nSPS) is 11.6. The van der Waals surface area contributed by atoms with Crippen LogP contribution in [-0.2, 0) is 4.79 Å². The quantitative estimate of drug-likeness (QED) is 0.351. The predicted octanol–water partition coefficient (Wildman–Crippen LogP) is 6.91. The van der Waals surface area contributed by atoms with Crippen molar-refractivity contribution in [3.8, 4) is 16.9 Å². The van der Waals surface area contributed by atoms with Gasteiger partial charge in [-0.25, -0.2) is 4.39 Å². The van der Waals surface area contributed by atoms with Crippen molar-refractivity contribution in [3.63, 3.8) is 0 Å². The molecule has 1 aromatic heterocycles. The molecule has 4 aromatic rings. The third kappa shape index (κ3) is 4.28. The van der Waals surface area contributed by atoms with E-state index in [-0.39, 0.29) is 11.7 Å². The summed E-state index contributed by atoms with van der Waals surface area (Å²) in [5, 5.41) is 3.77. The number of hydrogen-bond acceptors (Lipinski definition) is 3. The van der Waals surface area contributed by atoms with Crippen molar-refractivity contribution in [3.05, 3.63) is 89.4 Å². The van der Waals surface area contributed by atoms with Gasteiger partial charge in [0.2, 0.25) is 5.91 Å². The lowest BCUT2D eigenvalue weighted by molar-refractivity contribution is -0.111. The Bertz CT molecular complexity index is 1330. The number of carbonyl (C=O) groups is 1. The van der Waals surface area contributed by atoms with Gasteiger partial charge in [-0.3, -0.25) is 4.79 Å². The van der Waals surface area contributed by atoms with Crippen LogP contribution in [0.2, 0.25) is 0 Å². The van der Waals surface area contributed by atoms with Gasteiger partial charge in [0.1, 0.15) is 17.1 Å². The highest BCUT2D eigenvalue weighted by molar-refractivity contribution is 6.05. The number of halogens is 1. The van der Waals surface area contributed by atoms with E-state index in [1.165, 1.54) is 17.7 Å². The Morgan fingerprint density at radius 1 is 1.03 bits per heavy atom. The van der Waals surface area contributed by atoms with Crippen LogP contribution in [0.1, 0.15) is 23.6 Å². The summed E-state index contributed by atoms with van der Waals surface area (Å²) in [7, 11) is 1.58. The number of aryl methyl sites for hydroxylation is 2. The number of carbonyl (C=O) groups excluding carboxylic acids is 1. The number of rotatable bonds is 5. The van der Waals surface area contributed by atoms with Crippen LogP contribution in [0.3, 0.4) is 0 Å². The fourth-order valence-corrected chi connectivity index (χ4v) is 3.66. The van der Waals surface area contributed by atoms with Crippen molar-refractivity contribution in [1.29, 1.82) is 0 Å². The van der Waals surface area contributed by atoms with Gasteiger partial charge in [0.05, 0.1) is 13.4 Å². The van der Waals surface area contributed by atoms with Gasteiger partial charge in [0.15, 0.2) is 0 Å². The summed E-state index contributed by atoms with van der Waals surface area (Å²) in [4.78, 5) is 12.6. The molecule has 0 aliphatic heterocycles. The molecule has 0 saturated carbocycles. The summed E-state index contributed by atoms with van der Waals surface area (Å²) in [5.41, 5.74) is 6.90. The highest BCUT2D eigenvalue weighted by Gasteiger charge is 2.15. The van der Waals surface area contributed by atoms with E-state index in [2.05, 4.69) is 5.32 Å². The lowest BCUT2D eigenvalue weighted by Gasteiger charge is -2.11. The minimum atomic E-state index is -0.294. The lowest BCUT2D eigenvalue weighted by atomic mass is 9.99. The SMILES string of the molecule is COc1cc2occ(-c3ccc(F)cc3)c2cc1/C(C)=C/C(=O)Nc1ccc(C)c(C)c1. The van der Waals surface area contributed by atoms with Crippen molar-refractivity contribution in [2.24, 2.45) is 0 Å². The van der Waals surface area contributed by atoms with Gasteiger partial charge >= 0.3 is 0 Å². The molecule has 162 valence electrons. The molecule has 0 saturated heterocycles. The molecule has 0 atom stereocenters. The number of methoxy groups -OCH3 is 1. The van der Waals surface area contributed by atoms with Crippen LogP contribution in [0.15, 0.2) is 71.4 Å². The van der Waals surface area contributed by atoms with Crippen LogP contribution in [0.25, 0.3) is 27.7 Å². The highest BCUT2D eigenvalue weighted by atomic mass is 19.1. The standard InChI is InChI=1S/C27H24FNO3/c1-16-5-10-21(11-17(16)2)29-27(30)12-18(3)22-13-23-24(19-6-8-20(28)9-7-19)15-32-26(23)14-25(22)31-4/h5-15H,1-4H3,(H,29,30)/b18-12+. The first-order valence-electron chi connectivity index (χ1n) is 10.3. The van der Waals surface area contributed by atoms with Gasteiger partial charge in [0, 0.05) is 34.3 Å². The van der Waals surface area contributed by atoms with E-state index >= 15 is 0 Å². The Morgan fingerprint density at radius 3 is 2.47 bits per heavy atom. The number of anilines is 1. The molecule has 0 aliphatic carbocycles. The molecule has 0 aliphatic rings. The number of fused-ring (bicyclic) bond motifs is 1. The van der Waals surface area contributed by atoms with Crippen LogP contribution in [0, 0.1) is 19.7 Å². The maximum atomic E-state index is 13.3. The summed E-state index contributed by atoms with van der Waals surface area (Å²) in [6.07, 6.45) is 3.20. The Hall–Kier alpha value is -3.86. The zero-order valence-corrected chi connectivity index (χ0v) is 18.5. The zero-order chi connectivity index (χ0) is 22.8. The predicted molar refractivity (Wildman–Crippen MR) is 126 cm³/mol. The minimum absolute atomic E-state index is 0.223. The third-order valence-electron chi connectivity index (χ3n) is 5.60. The summed E-state index contributed by atoms with van der Waals surface area (Å²) >= 11 is 0. The number of amides is 1. The van der Waals surface area contributed by atoms with E-state index in [0.29, 0.717) is 11.3 Å². The van der Waals surface area contributed by atoms with E-state index < -0.39 is 0 Å². The van der Waals surface area contributed by atoms with Crippen molar-refractivity contribution in [2.45, 2.75) is 20.8 Å². The Labute approximate surface area is 186 Å². The maximum absolute atomic E-state index is 13.3. The van der Waals surface area contributed by atoms with Gasteiger partial charge in [-0.05, 0) is 73.4 Å². The van der Waals surface area contributed by atoms with Gasteiger partial charge in [-0.15, -0.1) is 0 Å². The second kappa shape index (κ2) is 8.71. The first-order valence-corrected chi connectivity index (χ1v) is 10.3. The average molecular weight is 429 g/mol. The van der Waals surface area contributed by atoms with Crippen LogP contribution in [0.5, 0.6) is 5.75 Å². The molecule has 1 amide bonds. The summed E-state index contributed by atoms with van der Waals surface area (Å²) in [6, 6.07) is 15.8. The van der Waals surface area contributed by atoms with Gasteiger partial charge < -0.3 is 14.5 Å². The Balaban J connectivity index is 1.69. The van der Waals surface area contributed by atoms with Crippen LogP contribution in [-0.4, -0.2) is 13.0 Å². The van der Waals surface area contributed by atoms with Crippen LogP contribution >= 0.6 is 0 Å². The lowest BCUT2D eigenvalue weighted by Crippen LogP contribution is -2.09. The molecule has 0 spiro atoms. The zero-order valence-electron chi connectivity index (χ0n) is 18.5. The van der Waals surface area contributed by atoms with Gasteiger partial charge in [0.25, 0.3) is 0 Å². The molecular formula is C27H24FNO3. The molecule has 32 heavy (non-hydrogen) atoms. The number of furan rings is 1. The number of hydrogen-bond donors (Lipinski definition) is 1. The number of ether oxygens (including phenoxy) is 1. The van der Waals surface area contributed by atoms with Crippen LogP contribution in [0.4, 0.5) is 10.1 Å². The summed E-state index contributed by atoms with van der Waals surface area (Å²) in [5.74, 6) is 0.0848. The molecule has 0 radical (unpaired) electrons. The van der Waals surface area contributed by atoms with Gasteiger partial charge in [-0.1, -0.05) is 18.2 Å². The third-order valence-corrected chi connectivity index (χ3v) is 5.60. The number of nitrogens with one attached hydrogen (secondary N) is 1. The van der Waals surface area contributed by atoms with Crippen molar-refractivity contribution in [2.75, 3.05) is 12.4 Å². The molecule has 4 nitrogen and oxygen atoms in total. The van der Waals surface area contributed by atoms with Crippen molar-refractivity contribution < 1.29 is 18.3 Å². The second-order valence-corrected chi connectivity index (χ2v) is 7.82. The molecule has 4 rings (SSSR count). The summed E-state index contributed by atoms with van der Waals surface area (Å²) in [6.45, 7) is 5.90. The van der Waals surface area contributed by atoms with Crippen LogP contribution < -0.4 is 10.1 Å². The molecule has 5 heteroatoms. The topological polar surface area (TPSA) is 51.5 Å². The molecule has 0 unspecified atom stereocenters. The first-order chi connectivity index (χ1) is 15.4. The molecule has 0 fully saturated rings. The van der Waals surface area contributed by atoms with Gasteiger partial charge in [-0.2, -0.15) is 0 Å². The fraction of sp³-hybridized carbons (Fsp3) is 0.148. The molecule has 3 aromatic carbocycles. The Kier molecular flexibility index (Phi) is 5.82. The molecular weight excluding hydrogens is 405 g/mol. The minimum Gasteiger partial charge on any atom is -0.496 e. The van der Waals surface area contributed by atoms with E-state index in [4.69, 9.17) is 9.15 Å². The molecule has 0 bridgehead atoms. The van der Waals surface area contributed by atoms with E-state index in [0.717, 1.165) is 38.9 Å². The Morgan fingerprint density at radius 2 is 1.78 bits per heavy atom. The van der Waals surface area contributed by atoms with E-state index in [1.807, 2.05) is 45.0 Å². The summed E-state index contributed by atoms with van der Waals surface area (Å²) < 4.78 is 24.6. The van der Waals surface area contributed by atoms with Crippen molar-refractivity contribution >= 4 is 28.1 Å². The fourth-order valence-electron chi connectivity index (χ4n) is 3.66. The monoisotopic (exact) mass is 429 g/mol. The number of allylic oxidation sites excluding steroid dienone is 1. The smallest absolute Gasteiger partial charge is 0.248 e. The van der Waals surface area contributed by atoms with E-state index in [9.17, 15) is 9.18 Å². The largest absolute Gasteiger partial charge is 0.496 e. The van der Waals surface area contributed by atoms with Crippen molar-refractivity contribution in [1.82, 2.24) is 0 Å².